The number of esters is 1. The predicted octanol–water partition coefficient (Wildman–Crippen LogP) is 3.73. The van der Waals surface area contributed by atoms with E-state index in [4.69, 9.17) is 9.57 Å². The Bertz CT molecular complexity index is 840. The summed E-state index contributed by atoms with van der Waals surface area (Å²) in [6.45, 7) is 4.79. The summed E-state index contributed by atoms with van der Waals surface area (Å²) in [5.74, 6) is -0.795. The van der Waals surface area contributed by atoms with Crippen LogP contribution in [-0.4, -0.2) is 48.6 Å². The first-order chi connectivity index (χ1) is 13.0. The Morgan fingerprint density at radius 1 is 1.43 bits per heavy atom. The number of benzene rings is 1. The Morgan fingerprint density at radius 3 is 2.54 bits per heavy atom. The molecule has 2 unspecified atom stereocenters. The van der Waals surface area contributed by atoms with Gasteiger partial charge in [-0.25, -0.2) is 12.8 Å². The van der Waals surface area contributed by atoms with Gasteiger partial charge in [0.2, 0.25) is 0 Å². The number of oxime groups is 1. The van der Waals surface area contributed by atoms with Crippen LogP contribution in [0.25, 0.3) is 0 Å². The first kappa shape index (κ1) is 22.8. The van der Waals surface area contributed by atoms with Gasteiger partial charge in [0.1, 0.15) is 12.3 Å². The van der Waals surface area contributed by atoms with Crippen molar-refractivity contribution in [2.45, 2.75) is 55.5 Å². The summed E-state index contributed by atoms with van der Waals surface area (Å²) in [7, 11) is -3.73. The van der Waals surface area contributed by atoms with E-state index in [1.54, 1.807) is 38.1 Å². The van der Waals surface area contributed by atoms with Crippen LogP contribution in [0, 0.1) is 0 Å². The lowest BCUT2D eigenvalue weighted by Gasteiger charge is -2.27. The van der Waals surface area contributed by atoms with Crippen LogP contribution in [0.1, 0.15) is 50.9 Å². The fraction of sp³-hybridized carbons (Fsp3) is 0.579. The van der Waals surface area contributed by atoms with Gasteiger partial charge >= 0.3 is 5.97 Å². The normalized spacial score (nSPS) is 21.2. The summed E-state index contributed by atoms with van der Waals surface area (Å²) < 4.78 is 41.8. The molecule has 0 aromatic heterocycles. The zero-order valence-electron chi connectivity index (χ0n) is 16.3. The third kappa shape index (κ3) is 4.92. The molecule has 28 heavy (non-hydrogen) atoms. The Balaban J connectivity index is 2.11. The zero-order chi connectivity index (χ0) is 21.1. The van der Waals surface area contributed by atoms with Crippen molar-refractivity contribution in [3.63, 3.8) is 0 Å². The minimum Gasteiger partial charge on any atom is -0.465 e. The van der Waals surface area contributed by atoms with Gasteiger partial charge in [0.15, 0.2) is 14.6 Å². The smallest absolute Gasteiger partial charge is 0.327 e. The fourth-order valence-electron chi connectivity index (χ4n) is 2.94. The van der Waals surface area contributed by atoms with Crippen LogP contribution in [0.15, 0.2) is 29.4 Å². The SMILES string of the molecule is CCOC(=O)[C@@](C)(CC1CC(c2ccc(C(F)[C@@H](C)Br)cc2)=NO1)S(C)(=O)=O. The standard InChI is InChI=1S/C19H25BrFNO5S/c1-5-26-18(23)19(3,28(4,24)25)11-15-10-16(22-27-15)13-6-8-14(9-7-13)17(21)12(2)20/h6-9,12,15,17H,5,10-11H2,1-4H3/t12-,15?,17?,19-/m1/s1. The van der Waals surface area contributed by atoms with E-state index in [1.807, 2.05) is 0 Å². The quantitative estimate of drug-likeness (QED) is 0.420. The molecule has 0 N–H and O–H groups in total. The Morgan fingerprint density at radius 2 is 2.04 bits per heavy atom. The molecule has 6 nitrogen and oxygen atoms in total. The molecule has 156 valence electrons. The third-order valence-corrected chi connectivity index (χ3v) is 7.28. The lowest BCUT2D eigenvalue weighted by Crippen LogP contribution is -2.47. The first-order valence-electron chi connectivity index (χ1n) is 8.97. The average molecular weight is 478 g/mol. The molecule has 4 atom stereocenters. The number of hydrogen-bond acceptors (Lipinski definition) is 6. The lowest BCUT2D eigenvalue weighted by molar-refractivity contribution is -0.146. The Kier molecular flexibility index (Phi) is 7.25. The third-order valence-electron chi connectivity index (χ3n) is 4.84. The van der Waals surface area contributed by atoms with Crippen LogP contribution in [0.5, 0.6) is 0 Å². The number of sulfone groups is 1. The maximum Gasteiger partial charge on any atom is 0.327 e. The number of hydrogen-bond donors (Lipinski definition) is 0. The predicted molar refractivity (Wildman–Crippen MR) is 109 cm³/mol. The lowest BCUT2D eigenvalue weighted by atomic mass is 9.96. The summed E-state index contributed by atoms with van der Waals surface area (Å²) in [5.41, 5.74) is 1.94. The number of rotatable bonds is 8. The summed E-state index contributed by atoms with van der Waals surface area (Å²) in [5, 5.41) is 4.04. The maximum absolute atomic E-state index is 14.1. The Labute approximate surface area is 173 Å². The van der Waals surface area contributed by atoms with Crippen LogP contribution in [0.3, 0.4) is 0 Å². The van der Waals surface area contributed by atoms with Crippen LogP contribution < -0.4 is 0 Å². The molecule has 1 aliphatic heterocycles. The second kappa shape index (κ2) is 8.90. The molecule has 0 aliphatic carbocycles. The van der Waals surface area contributed by atoms with Crippen LogP contribution in [0.2, 0.25) is 0 Å². The van der Waals surface area contributed by atoms with E-state index in [0.29, 0.717) is 17.7 Å². The molecule has 2 rings (SSSR count). The maximum atomic E-state index is 14.1. The molecule has 9 heteroatoms. The molecule has 0 spiro atoms. The number of carbonyl (C=O) groups excluding carboxylic acids is 1. The highest BCUT2D eigenvalue weighted by molar-refractivity contribution is 9.09. The molecular formula is C19H25BrFNO5S. The van der Waals surface area contributed by atoms with E-state index in [9.17, 15) is 17.6 Å². The van der Waals surface area contributed by atoms with Crippen molar-refractivity contribution in [1.82, 2.24) is 0 Å². The minimum absolute atomic E-state index is 0.0661. The van der Waals surface area contributed by atoms with E-state index in [-0.39, 0.29) is 17.9 Å². The minimum atomic E-state index is -3.73. The van der Waals surface area contributed by atoms with Crippen LogP contribution >= 0.6 is 15.9 Å². The van der Waals surface area contributed by atoms with E-state index in [2.05, 4.69) is 21.1 Å². The van der Waals surface area contributed by atoms with Gasteiger partial charge in [-0.05, 0) is 31.9 Å². The van der Waals surface area contributed by atoms with E-state index >= 15 is 0 Å². The highest BCUT2D eigenvalue weighted by Gasteiger charge is 2.48. The topological polar surface area (TPSA) is 82.0 Å². The highest BCUT2D eigenvalue weighted by Crippen LogP contribution is 2.31. The van der Waals surface area contributed by atoms with Crippen molar-refractivity contribution in [3.8, 4) is 0 Å². The Hall–Kier alpha value is -1.48. The second-order valence-corrected chi connectivity index (χ2v) is 11.0. The monoisotopic (exact) mass is 477 g/mol. The number of alkyl halides is 2. The van der Waals surface area contributed by atoms with Crippen molar-refractivity contribution in [2.75, 3.05) is 12.9 Å². The zero-order valence-corrected chi connectivity index (χ0v) is 18.7. The van der Waals surface area contributed by atoms with E-state index in [0.717, 1.165) is 11.8 Å². The molecule has 0 saturated carbocycles. The molecular weight excluding hydrogens is 453 g/mol. The molecule has 1 aliphatic rings. The van der Waals surface area contributed by atoms with Gasteiger partial charge in [-0.3, -0.25) is 4.79 Å². The molecule has 1 aromatic rings. The molecule has 0 radical (unpaired) electrons. The summed E-state index contributed by atoms with van der Waals surface area (Å²) in [6, 6.07) is 6.88. The van der Waals surface area contributed by atoms with Crippen molar-refractivity contribution in [2.24, 2.45) is 5.16 Å². The van der Waals surface area contributed by atoms with E-state index in [1.165, 1.54) is 6.92 Å². The van der Waals surface area contributed by atoms with Crippen molar-refractivity contribution in [3.05, 3.63) is 35.4 Å². The number of halogens is 2. The van der Waals surface area contributed by atoms with Crippen molar-refractivity contribution < 1.29 is 27.2 Å². The van der Waals surface area contributed by atoms with Gasteiger partial charge in [-0.15, -0.1) is 0 Å². The highest BCUT2D eigenvalue weighted by atomic mass is 79.9. The molecule has 1 aromatic carbocycles. The van der Waals surface area contributed by atoms with Gasteiger partial charge in [0.25, 0.3) is 0 Å². The van der Waals surface area contributed by atoms with Crippen molar-refractivity contribution in [1.29, 1.82) is 0 Å². The molecule has 0 saturated heterocycles. The molecule has 1 heterocycles. The first-order valence-corrected chi connectivity index (χ1v) is 11.8. The summed E-state index contributed by atoms with van der Waals surface area (Å²) in [6.07, 6.45) is -0.405. The number of ether oxygens (including phenoxy) is 1. The molecule has 0 fully saturated rings. The van der Waals surface area contributed by atoms with E-state index < -0.39 is 32.8 Å². The summed E-state index contributed by atoms with van der Waals surface area (Å²) in [4.78, 5) is 17.4. The molecule has 0 amide bonds. The fourth-order valence-corrected chi connectivity index (χ4v) is 4.09. The van der Waals surface area contributed by atoms with Gasteiger partial charge in [-0.2, -0.15) is 0 Å². The number of nitrogens with zero attached hydrogens (tertiary/aromatic N) is 1. The van der Waals surface area contributed by atoms with Crippen molar-refractivity contribution >= 4 is 37.4 Å². The average Bonchev–Trinajstić information content (AvgIpc) is 3.08. The van der Waals surface area contributed by atoms with Crippen LogP contribution in [0.4, 0.5) is 4.39 Å². The van der Waals surface area contributed by atoms with Gasteiger partial charge in [0.05, 0.1) is 12.3 Å². The van der Waals surface area contributed by atoms with Crippen LogP contribution in [-0.2, 0) is 24.2 Å². The van der Waals surface area contributed by atoms with Gasteiger partial charge in [-0.1, -0.05) is 45.4 Å². The van der Waals surface area contributed by atoms with Gasteiger partial charge < -0.3 is 9.57 Å². The largest absolute Gasteiger partial charge is 0.465 e. The number of carbonyl (C=O) groups is 1. The summed E-state index contributed by atoms with van der Waals surface area (Å²) >= 11 is 3.23. The molecule has 0 bridgehead atoms. The van der Waals surface area contributed by atoms with Gasteiger partial charge in [0, 0.05) is 23.9 Å². The second-order valence-electron chi connectivity index (χ2n) is 7.10.